The van der Waals surface area contributed by atoms with Gasteiger partial charge in [-0.1, -0.05) is 20.8 Å². The predicted octanol–water partition coefficient (Wildman–Crippen LogP) is 3.85. The van der Waals surface area contributed by atoms with Crippen LogP contribution in [0.3, 0.4) is 0 Å². The molecular weight excluding hydrogens is 318 g/mol. The number of rotatable bonds is 3. The molecule has 0 saturated heterocycles. The third kappa shape index (κ3) is 3.92. The molecule has 1 rings (SSSR count). The van der Waals surface area contributed by atoms with E-state index in [1.807, 2.05) is 20.8 Å². The minimum Gasteiger partial charge on any atom is -0.450 e. The Morgan fingerprint density at radius 2 is 2.05 bits per heavy atom. The van der Waals surface area contributed by atoms with Gasteiger partial charge in [0.15, 0.2) is 0 Å². The Labute approximate surface area is 118 Å². The lowest BCUT2D eigenvalue weighted by Gasteiger charge is -2.23. The first kappa shape index (κ1) is 15.4. The van der Waals surface area contributed by atoms with Crippen molar-refractivity contribution >= 4 is 27.8 Å². The number of nitro groups is 1. The van der Waals surface area contributed by atoms with Crippen LogP contribution in [0.25, 0.3) is 0 Å². The van der Waals surface area contributed by atoms with E-state index in [4.69, 9.17) is 5.11 Å². The van der Waals surface area contributed by atoms with Crippen molar-refractivity contribution < 1.29 is 19.6 Å². The molecule has 0 heterocycles. The summed E-state index contributed by atoms with van der Waals surface area (Å²) in [6.07, 6.45) is -1.41. The molecule has 0 spiro atoms. The standard InChI is InChI=1S/C12H14BrNO5/c1-12(2,3)8-5-9(13)10(14(17)18)4-7(8)6-19-11(15)16/h4-5H,6H2,1-3H3,(H,15,16). The highest BCUT2D eigenvalue weighted by Crippen LogP contribution is 2.34. The van der Waals surface area contributed by atoms with Crippen LogP contribution in [0.5, 0.6) is 0 Å². The summed E-state index contributed by atoms with van der Waals surface area (Å²) >= 11 is 3.16. The first-order valence-corrected chi connectivity index (χ1v) is 6.25. The summed E-state index contributed by atoms with van der Waals surface area (Å²) in [5, 5.41) is 19.4. The Morgan fingerprint density at radius 3 is 2.47 bits per heavy atom. The number of nitro benzene ring substituents is 1. The van der Waals surface area contributed by atoms with E-state index in [-0.39, 0.29) is 17.7 Å². The Kier molecular flexibility index (Phi) is 4.52. The van der Waals surface area contributed by atoms with Crippen molar-refractivity contribution in [3.8, 4) is 0 Å². The number of ether oxygens (including phenoxy) is 1. The van der Waals surface area contributed by atoms with Crippen LogP contribution in [0.2, 0.25) is 0 Å². The second-order valence-corrected chi connectivity index (χ2v) is 5.88. The lowest BCUT2D eigenvalue weighted by atomic mass is 9.84. The van der Waals surface area contributed by atoms with E-state index in [0.717, 1.165) is 5.56 Å². The van der Waals surface area contributed by atoms with Gasteiger partial charge in [0.2, 0.25) is 0 Å². The van der Waals surface area contributed by atoms with E-state index in [2.05, 4.69) is 20.7 Å². The number of hydrogen-bond donors (Lipinski definition) is 1. The largest absolute Gasteiger partial charge is 0.506 e. The fourth-order valence-corrected chi connectivity index (χ4v) is 2.19. The van der Waals surface area contributed by atoms with Crippen LogP contribution in [0, 0.1) is 10.1 Å². The summed E-state index contributed by atoms with van der Waals surface area (Å²) in [5.74, 6) is 0. The summed E-state index contributed by atoms with van der Waals surface area (Å²) in [5.41, 5.74) is 0.891. The Bertz CT molecular complexity index is 522. The zero-order valence-corrected chi connectivity index (χ0v) is 12.4. The van der Waals surface area contributed by atoms with Gasteiger partial charge in [0.25, 0.3) is 5.69 Å². The number of nitrogens with zero attached hydrogens (tertiary/aromatic N) is 1. The van der Waals surface area contributed by atoms with Crippen molar-refractivity contribution in [1.29, 1.82) is 0 Å². The second kappa shape index (κ2) is 5.56. The molecule has 0 aromatic heterocycles. The molecule has 0 aliphatic carbocycles. The van der Waals surface area contributed by atoms with Crippen LogP contribution in [0.1, 0.15) is 31.9 Å². The van der Waals surface area contributed by atoms with Crippen molar-refractivity contribution in [3.05, 3.63) is 37.8 Å². The van der Waals surface area contributed by atoms with Crippen molar-refractivity contribution in [3.63, 3.8) is 0 Å². The van der Waals surface area contributed by atoms with E-state index in [1.54, 1.807) is 6.07 Å². The van der Waals surface area contributed by atoms with Gasteiger partial charge in [-0.25, -0.2) is 4.79 Å². The van der Waals surface area contributed by atoms with E-state index >= 15 is 0 Å². The highest BCUT2D eigenvalue weighted by molar-refractivity contribution is 9.10. The maximum atomic E-state index is 10.9. The van der Waals surface area contributed by atoms with Crippen LogP contribution < -0.4 is 0 Å². The monoisotopic (exact) mass is 331 g/mol. The van der Waals surface area contributed by atoms with E-state index < -0.39 is 11.1 Å². The molecule has 0 radical (unpaired) electrons. The first-order chi connectivity index (χ1) is 8.62. The molecule has 6 nitrogen and oxygen atoms in total. The van der Waals surface area contributed by atoms with E-state index in [1.165, 1.54) is 6.07 Å². The minimum atomic E-state index is -1.41. The van der Waals surface area contributed by atoms with Crippen LogP contribution in [0.15, 0.2) is 16.6 Å². The molecule has 1 aromatic carbocycles. The Hall–Kier alpha value is -1.63. The highest BCUT2D eigenvalue weighted by Gasteiger charge is 2.24. The molecule has 0 bridgehead atoms. The van der Waals surface area contributed by atoms with Gasteiger partial charge in [-0.05, 0) is 33.0 Å². The SMILES string of the molecule is CC(C)(C)c1cc(Br)c([N+](=O)[O-])cc1COC(=O)O. The zero-order valence-electron chi connectivity index (χ0n) is 10.8. The molecule has 0 atom stereocenters. The maximum absolute atomic E-state index is 10.9. The van der Waals surface area contributed by atoms with E-state index in [0.29, 0.717) is 10.0 Å². The smallest absolute Gasteiger partial charge is 0.450 e. The second-order valence-electron chi connectivity index (χ2n) is 5.02. The quantitative estimate of drug-likeness (QED) is 0.516. The van der Waals surface area contributed by atoms with E-state index in [9.17, 15) is 14.9 Å². The van der Waals surface area contributed by atoms with Gasteiger partial charge in [0, 0.05) is 11.6 Å². The highest BCUT2D eigenvalue weighted by atomic mass is 79.9. The van der Waals surface area contributed by atoms with Crippen LogP contribution in [-0.4, -0.2) is 16.2 Å². The fourth-order valence-electron chi connectivity index (χ4n) is 1.70. The van der Waals surface area contributed by atoms with Gasteiger partial charge in [0.05, 0.1) is 9.40 Å². The van der Waals surface area contributed by atoms with Gasteiger partial charge < -0.3 is 9.84 Å². The topological polar surface area (TPSA) is 89.7 Å². The summed E-state index contributed by atoms with van der Waals surface area (Å²) < 4.78 is 4.88. The molecule has 0 saturated carbocycles. The molecule has 0 fully saturated rings. The van der Waals surface area contributed by atoms with Gasteiger partial charge in [-0.15, -0.1) is 0 Å². The van der Waals surface area contributed by atoms with Crippen LogP contribution in [-0.2, 0) is 16.8 Å². The molecule has 0 aliphatic heterocycles. The fraction of sp³-hybridized carbons (Fsp3) is 0.417. The number of halogens is 1. The molecule has 1 aromatic rings. The predicted molar refractivity (Wildman–Crippen MR) is 72.3 cm³/mol. The lowest BCUT2D eigenvalue weighted by Crippen LogP contribution is -2.16. The van der Waals surface area contributed by atoms with Gasteiger partial charge in [-0.2, -0.15) is 0 Å². The Balaban J connectivity index is 3.33. The molecule has 0 amide bonds. The number of hydrogen-bond acceptors (Lipinski definition) is 4. The molecule has 7 heteroatoms. The van der Waals surface area contributed by atoms with Gasteiger partial charge in [0.1, 0.15) is 6.61 Å². The zero-order chi connectivity index (χ0) is 14.8. The summed E-state index contributed by atoms with van der Waals surface area (Å²) in [6, 6.07) is 2.98. The molecule has 1 N–H and O–H groups in total. The third-order valence-electron chi connectivity index (χ3n) is 2.53. The molecule has 0 unspecified atom stereocenters. The summed E-state index contributed by atoms with van der Waals surface area (Å²) in [7, 11) is 0. The van der Waals surface area contributed by atoms with Crippen molar-refractivity contribution in [2.45, 2.75) is 32.8 Å². The first-order valence-electron chi connectivity index (χ1n) is 5.46. The number of benzene rings is 1. The normalized spacial score (nSPS) is 11.2. The summed E-state index contributed by atoms with van der Waals surface area (Å²) in [4.78, 5) is 20.8. The molecular formula is C12H14BrNO5. The summed E-state index contributed by atoms with van der Waals surface area (Å²) in [6.45, 7) is 5.59. The lowest BCUT2D eigenvalue weighted by molar-refractivity contribution is -0.385. The molecule has 0 aliphatic rings. The van der Waals surface area contributed by atoms with Gasteiger partial charge >= 0.3 is 6.16 Å². The van der Waals surface area contributed by atoms with Crippen LogP contribution in [0.4, 0.5) is 10.5 Å². The number of carboxylic acid groups (broad SMARTS) is 1. The molecule has 104 valence electrons. The van der Waals surface area contributed by atoms with Crippen molar-refractivity contribution in [2.24, 2.45) is 0 Å². The van der Waals surface area contributed by atoms with Gasteiger partial charge in [-0.3, -0.25) is 10.1 Å². The van der Waals surface area contributed by atoms with Crippen molar-refractivity contribution in [2.75, 3.05) is 0 Å². The Morgan fingerprint density at radius 1 is 1.47 bits per heavy atom. The average Bonchev–Trinajstić information content (AvgIpc) is 2.25. The third-order valence-corrected chi connectivity index (χ3v) is 3.16. The molecule has 19 heavy (non-hydrogen) atoms. The average molecular weight is 332 g/mol. The maximum Gasteiger partial charge on any atom is 0.506 e. The minimum absolute atomic E-state index is 0.114. The number of carbonyl (C=O) groups is 1. The van der Waals surface area contributed by atoms with Crippen LogP contribution >= 0.6 is 15.9 Å². The van der Waals surface area contributed by atoms with Crippen molar-refractivity contribution in [1.82, 2.24) is 0 Å².